The summed E-state index contributed by atoms with van der Waals surface area (Å²) in [6.45, 7) is 2.39. The molecule has 0 bridgehead atoms. The summed E-state index contributed by atoms with van der Waals surface area (Å²) in [4.78, 5) is 18.8. The lowest BCUT2D eigenvalue weighted by Crippen LogP contribution is -2.39. The van der Waals surface area contributed by atoms with Crippen LogP contribution in [0.5, 0.6) is 0 Å². The molecule has 1 fully saturated rings. The first-order valence-electron chi connectivity index (χ1n) is 9.08. The number of anilines is 2. The van der Waals surface area contributed by atoms with Crippen molar-refractivity contribution in [3.05, 3.63) is 53.6 Å². The maximum Gasteiger partial charge on any atom is 0.319 e. The minimum absolute atomic E-state index is 0.210. The number of urea groups is 1. The molecular formula is C20H21ClN4O2. The predicted molar refractivity (Wildman–Crippen MR) is 107 cm³/mol. The van der Waals surface area contributed by atoms with Gasteiger partial charge in [-0.1, -0.05) is 29.8 Å². The molecule has 0 aliphatic carbocycles. The Bertz CT molecular complexity index is 901. The molecule has 2 aromatic carbocycles. The fourth-order valence-corrected chi connectivity index (χ4v) is 3.49. The summed E-state index contributed by atoms with van der Waals surface area (Å²) in [6.07, 6.45) is 1.96. The van der Waals surface area contributed by atoms with Gasteiger partial charge in [-0.2, -0.15) is 4.98 Å². The number of halogens is 1. The van der Waals surface area contributed by atoms with Crippen molar-refractivity contribution < 1.29 is 9.21 Å². The Balaban J connectivity index is 1.25. The van der Waals surface area contributed by atoms with E-state index in [1.807, 2.05) is 30.3 Å². The Morgan fingerprint density at radius 2 is 2.00 bits per heavy atom. The summed E-state index contributed by atoms with van der Waals surface area (Å²) in [5.41, 5.74) is 2.38. The topological polar surface area (TPSA) is 70.4 Å². The number of carbonyl (C=O) groups is 1. The lowest BCUT2D eigenvalue weighted by Gasteiger charge is -2.30. The monoisotopic (exact) mass is 384 g/mol. The molecule has 2 heterocycles. The van der Waals surface area contributed by atoms with Crippen molar-refractivity contribution in [2.45, 2.75) is 12.8 Å². The van der Waals surface area contributed by atoms with E-state index in [-0.39, 0.29) is 6.03 Å². The van der Waals surface area contributed by atoms with E-state index >= 15 is 0 Å². The lowest BCUT2D eigenvalue weighted by molar-refractivity contribution is 0.248. The largest absolute Gasteiger partial charge is 0.423 e. The molecule has 6 nitrogen and oxygen atoms in total. The van der Waals surface area contributed by atoms with Crippen LogP contribution in [-0.4, -0.2) is 30.6 Å². The van der Waals surface area contributed by atoms with Crippen molar-refractivity contribution in [2.24, 2.45) is 5.92 Å². The number of hydrogen-bond donors (Lipinski definition) is 2. The highest BCUT2D eigenvalue weighted by molar-refractivity contribution is 6.30. The van der Waals surface area contributed by atoms with Crippen LogP contribution in [0.15, 0.2) is 52.9 Å². The summed E-state index contributed by atoms with van der Waals surface area (Å²) >= 11 is 5.93. The lowest BCUT2D eigenvalue weighted by atomic mass is 9.97. The number of rotatable bonds is 4. The van der Waals surface area contributed by atoms with Gasteiger partial charge in [0.1, 0.15) is 5.52 Å². The molecule has 7 heteroatoms. The molecule has 4 rings (SSSR count). The second-order valence-electron chi connectivity index (χ2n) is 6.74. The third kappa shape index (κ3) is 4.34. The van der Waals surface area contributed by atoms with Crippen LogP contribution in [0.25, 0.3) is 11.1 Å². The van der Waals surface area contributed by atoms with Gasteiger partial charge in [-0.25, -0.2) is 4.79 Å². The molecule has 0 spiro atoms. The normalized spacial score (nSPS) is 15.1. The van der Waals surface area contributed by atoms with Crippen molar-refractivity contribution in [3.63, 3.8) is 0 Å². The van der Waals surface area contributed by atoms with E-state index in [0.29, 0.717) is 29.2 Å². The standard InChI is InChI=1S/C20H21ClN4O2/c21-15-4-3-5-16(12-15)23-19(26)22-13-14-8-10-25(11-9-14)20-24-17-6-1-2-7-18(17)27-20/h1-7,12,14H,8-11,13H2,(H2,22,23,26). The smallest absolute Gasteiger partial charge is 0.319 e. The zero-order valence-electron chi connectivity index (χ0n) is 14.8. The van der Waals surface area contributed by atoms with Crippen LogP contribution < -0.4 is 15.5 Å². The number of amides is 2. The van der Waals surface area contributed by atoms with E-state index in [1.165, 1.54) is 0 Å². The Kier molecular flexibility index (Phi) is 5.16. The number of carbonyl (C=O) groups excluding carboxylic acids is 1. The minimum Gasteiger partial charge on any atom is -0.423 e. The van der Waals surface area contributed by atoms with Crippen LogP contribution in [0, 0.1) is 5.92 Å². The van der Waals surface area contributed by atoms with Crippen molar-refractivity contribution in [2.75, 3.05) is 29.9 Å². The third-order valence-electron chi connectivity index (χ3n) is 4.80. The van der Waals surface area contributed by atoms with E-state index in [9.17, 15) is 4.79 Å². The molecule has 2 amide bonds. The van der Waals surface area contributed by atoms with E-state index in [0.717, 1.165) is 37.0 Å². The number of hydrogen-bond acceptors (Lipinski definition) is 4. The van der Waals surface area contributed by atoms with Crippen LogP contribution in [0.2, 0.25) is 5.02 Å². The number of aromatic nitrogens is 1. The number of fused-ring (bicyclic) bond motifs is 1. The van der Waals surface area contributed by atoms with Crippen molar-refractivity contribution >= 4 is 40.4 Å². The van der Waals surface area contributed by atoms with Gasteiger partial charge in [-0.05, 0) is 49.1 Å². The number of nitrogens with one attached hydrogen (secondary N) is 2. The van der Waals surface area contributed by atoms with Crippen LogP contribution >= 0.6 is 11.6 Å². The van der Waals surface area contributed by atoms with Gasteiger partial charge in [-0.3, -0.25) is 0 Å². The molecule has 0 saturated carbocycles. The number of piperidine rings is 1. The number of benzene rings is 2. The first kappa shape index (κ1) is 17.7. The second-order valence-corrected chi connectivity index (χ2v) is 7.18. The fraction of sp³-hybridized carbons (Fsp3) is 0.300. The van der Waals surface area contributed by atoms with Crippen LogP contribution in [0.3, 0.4) is 0 Å². The Hall–Kier alpha value is -2.73. The number of nitrogens with zero attached hydrogens (tertiary/aromatic N) is 2. The van der Waals surface area contributed by atoms with Gasteiger partial charge >= 0.3 is 6.03 Å². The first-order valence-corrected chi connectivity index (χ1v) is 9.46. The molecule has 0 atom stereocenters. The molecule has 27 heavy (non-hydrogen) atoms. The maximum absolute atomic E-state index is 12.1. The molecule has 0 radical (unpaired) electrons. The molecule has 1 aliphatic rings. The van der Waals surface area contributed by atoms with Crippen LogP contribution in [0.4, 0.5) is 16.5 Å². The Morgan fingerprint density at radius 1 is 1.19 bits per heavy atom. The molecule has 2 N–H and O–H groups in total. The highest BCUT2D eigenvalue weighted by Crippen LogP contribution is 2.26. The maximum atomic E-state index is 12.1. The summed E-state index contributed by atoms with van der Waals surface area (Å²) in [5.74, 6) is 0.440. The fourth-order valence-electron chi connectivity index (χ4n) is 3.30. The van der Waals surface area contributed by atoms with E-state index < -0.39 is 0 Å². The van der Waals surface area contributed by atoms with Gasteiger partial charge < -0.3 is 20.0 Å². The summed E-state index contributed by atoms with van der Waals surface area (Å²) < 4.78 is 5.84. The highest BCUT2D eigenvalue weighted by Gasteiger charge is 2.23. The van der Waals surface area contributed by atoms with E-state index in [2.05, 4.69) is 20.5 Å². The Labute approximate surface area is 162 Å². The van der Waals surface area contributed by atoms with Crippen molar-refractivity contribution in [1.82, 2.24) is 10.3 Å². The van der Waals surface area contributed by atoms with Gasteiger partial charge in [0.2, 0.25) is 0 Å². The quantitative estimate of drug-likeness (QED) is 0.693. The van der Waals surface area contributed by atoms with E-state index in [4.69, 9.17) is 16.0 Å². The van der Waals surface area contributed by atoms with E-state index in [1.54, 1.807) is 18.2 Å². The predicted octanol–water partition coefficient (Wildman–Crippen LogP) is 4.52. The zero-order chi connectivity index (χ0) is 18.6. The molecular weight excluding hydrogens is 364 g/mol. The first-order chi connectivity index (χ1) is 13.2. The summed E-state index contributed by atoms with van der Waals surface area (Å²) in [5, 5.41) is 6.34. The second kappa shape index (κ2) is 7.88. The average molecular weight is 385 g/mol. The van der Waals surface area contributed by atoms with Crippen LogP contribution in [-0.2, 0) is 0 Å². The molecule has 3 aromatic rings. The van der Waals surface area contributed by atoms with Gasteiger partial charge in [0.05, 0.1) is 0 Å². The third-order valence-corrected chi connectivity index (χ3v) is 5.04. The molecule has 140 valence electrons. The zero-order valence-corrected chi connectivity index (χ0v) is 15.6. The van der Waals surface area contributed by atoms with Gasteiger partial charge in [0.15, 0.2) is 5.58 Å². The van der Waals surface area contributed by atoms with Gasteiger partial charge in [0.25, 0.3) is 6.01 Å². The van der Waals surface area contributed by atoms with Gasteiger partial charge in [0, 0.05) is 30.3 Å². The van der Waals surface area contributed by atoms with Crippen LogP contribution in [0.1, 0.15) is 12.8 Å². The van der Waals surface area contributed by atoms with Crippen molar-refractivity contribution in [3.8, 4) is 0 Å². The summed E-state index contributed by atoms with van der Waals surface area (Å²) in [7, 11) is 0. The minimum atomic E-state index is -0.210. The highest BCUT2D eigenvalue weighted by atomic mass is 35.5. The number of para-hydroxylation sites is 2. The SMILES string of the molecule is O=C(NCC1CCN(c2nc3ccccc3o2)CC1)Nc1cccc(Cl)c1. The van der Waals surface area contributed by atoms with Gasteiger partial charge in [-0.15, -0.1) is 0 Å². The summed E-state index contributed by atoms with van der Waals surface area (Å²) in [6, 6.07) is 15.4. The number of oxazole rings is 1. The molecule has 1 saturated heterocycles. The molecule has 0 unspecified atom stereocenters. The van der Waals surface area contributed by atoms with Crippen molar-refractivity contribution in [1.29, 1.82) is 0 Å². The average Bonchev–Trinajstić information content (AvgIpc) is 3.11. The molecule has 1 aliphatic heterocycles. The Morgan fingerprint density at radius 3 is 2.78 bits per heavy atom. The molecule has 1 aromatic heterocycles.